The summed E-state index contributed by atoms with van der Waals surface area (Å²) in [5.74, 6) is -4.22. The maximum atomic E-state index is 13.1. The molecule has 1 aliphatic rings. The predicted octanol–water partition coefficient (Wildman–Crippen LogP) is -0.991. The Morgan fingerprint density at radius 3 is 2.21 bits per heavy atom. The number of carbonyl (C=O) groups is 5. The van der Waals surface area contributed by atoms with Gasteiger partial charge in [0.1, 0.15) is 18.1 Å². The lowest BCUT2D eigenvalue weighted by atomic mass is 10.0. The van der Waals surface area contributed by atoms with Gasteiger partial charge in [-0.05, 0) is 51.0 Å². The zero-order valence-corrected chi connectivity index (χ0v) is 19.3. The highest BCUT2D eigenvalue weighted by Gasteiger charge is 2.38. The van der Waals surface area contributed by atoms with Gasteiger partial charge in [0.15, 0.2) is 0 Å². The monoisotopic (exact) mass is 471 g/mol. The second-order valence-electron chi connectivity index (χ2n) is 8.77. The van der Waals surface area contributed by atoms with Crippen LogP contribution in [-0.4, -0.2) is 82.0 Å². The first-order valence-electron chi connectivity index (χ1n) is 11.3. The Hall–Kier alpha value is -2.73. The predicted molar refractivity (Wildman–Crippen MR) is 119 cm³/mol. The van der Waals surface area contributed by atoms with Crippen LogP contribution in [0.3, 0.4) is 0 Å². The van der Waals surface area contributed by atoms with E-state index < -0.39 is 60.2 Å². The molecule has 1 saturated heterocycles. The molecule has 3 amide bonds. The zero-order valence-electron chi connectivity index (χ0n) is 19.3. The van der Waals surface area contributed by atoms with E-state index in [2.05, 4.69) is 10.6 Å². The van der Waals surface area contributed by atoms with Crippen LogP contribution in [0.1, 0.15) is 58.8 Å². The summed E-state index contributed by atoms with van der Waals surface area (Å²) < 4.78 is 0. The Bertz CT molecular complexity index is 715. The summed E-state index contributed by atoms with van der Waals surface area (Å²) in [7, 11) is 0. The largest absolute Gasteiger partial charge is 0.481 e. The fraction of sp³-hybridized carbons (Fsp3) is 0.762. The second-order valence-corrected chi connectivity index (χ2v) is 8.77. The van der Waals surface area contributed by atoms with Crippen LogP contribution < -0.4 is 22.1 Å². The molecule has 4 atom stereocenters. The number of nitrogens with one attached hydrogen (secondary N) is 2. The molecule has 12 heteroatoms. The fourth-order valence-electron chi connectivity index (χ4n) is 3.77. The number of unbranched alkanes of at least 4 members (excludes halogenated alkanes) is 1. The number of carboxylic acid groups (broad SMARTS) is 2. The molecule has 0 aromatic rings. The number of hydrogen-bond donors (Lipinski definition) is 6. The highest BCUT2D eigenvalue weighted by Crippen LogP contribution is 2.20. The molecule has 0 bridgehead atoms. The number of nitrogens with two attached hydrogens (primary N) is 2. The van der Waals surface area contributed by atoms with Gasteiger partial charge in [-0.25, -0.2) is 4.79 Å². The highest BCUT2D eigenvalue weighted by molar-refractivity contribution is 5.94. The molecule has 0 aliphatic carbocycles. The van der Waals surface area contributed by atoms with Gasteiger partial charge in [-0.3, -0.25) is 19.2 Å². The van der Waals surface area contributed by atoms with Crippen molar-refractivity contribution in [3.05, 3.63) is 0 Å². The molecule has 8 N–H and O–H groups in total. The zero-order chi connectivity index (χ0) is 25.1. The molecule has 0 aromatic heterocycles. The molecular weight excluding hydrogens is 434 g/mol. The van der Waals surface area contributed by atoms with E-state index in [1.165, 1.54) is 4.90 Å². The fourth-order valence-corrected chi connectivity index (χ4v) is 3.77. The van der Waals surface area contributed by atoms with Gasteiger partial charge in [-0.15, -0.1) is 0 Å². The van der Waals surface area contributed by atoms with Gasteiger partial charge in [0, 0.05) is 6.54 Å². The maximum absolute atomic E-state index is 13.1. The molecule has 188 valence electrons. The molecule has 12 nitrogen and oxygen atoms in total. The summed E-state index contributed by atoms with van der Waals surface area (Å²) in [6.45, 7) is 4.38. The van der Waals surface area contributed by atoms with Crippen LogP contribution in [-0.2, 0) is 24.0 Å². The molecule has 1 heterocycles. The van der Waals surface area contributed by atoms with Crippen molar-refractivity contribution in [2.24, 2.45) is 17.4 Å². The van der Waals surface area contributed by atoms with Gasteiger partial charge in [0.05, 0.1) is 12.5 Å². The first-order chi connectivity index (χ1) is 15.5. The minimum Gasteiger partial charge on any atom is -0.481 e. The lowest BCUT2D eigenvalue weighted by molar-refractivity contribution is -0.149. The summed E-state index contributed by atoms with van der Waals surface area (Å²) in [4.78, 5) is 62.1. The standard InChI is InChI=1S/C21H37N5O7/c1-12(2)10-15(25-18(29)13(23)11-17(27)28)19(30)24-14(6-3-4-8-22)20(31)26-9-5-7-16(26)21(32)33/h12-16H,3-11,22-23H2,1-2H3,(H,24,30)(H,25,29)(H,27,28)(H,32,33). The average Bonchev–Trinajstić information content (AvgIpc) is 3.21. The smallest absolute Gasteiger partial charge is 0.326 e. The number of nitrogens with zero attached hydrogens (tertiary/aromatic N) is 1. The molecule has 0 aromatic carbocycles. The van der Waals surface area contributed by atoms with Crippen molar-refractivity contribution in [2.75, 3.05) is 13.1 Å². The Morgan fingerprint density at radius 2 is 1.67 bits per heavy atom. The average molecular weight is 472 g/mol. The van der Waals surface area contributed by atoms with Crippen molar-refractivity contribution in [1.29, 1.82) is 0 Å². The number of likely N-dealkylation sites (tertiary alicyclic amines) is 1. The van der Waals surface area contributed by atoms with E-state index in [0.29, 0.717) is 32.2 Å². The first-order valence-corrected chi connectivity index (χ1v) is 11.3. The van der Waals surface area contributed by atoms with Crippen molar-refractivity contribution in [2.45, 2.75) is 83.0 Å². The number of carbonyl (C=O) groups excluding carboxylic acids is 3. The van der Waals surface area contributed by atoms with E-state index in [1.54, 1.807) is 0 Å². The van der Waals surface area contributed by atoms with Crippen LogP contribution in [0.25, 0.3) is 0 Å². The van der Waals surface area contributed by atoms with E-state index in [-0.39, 0.29) is 25.3 Å². The Labute approximate surface area is 193 Å². The van der Waals surface area contributed by atoms with E-state index in [4.69, 9.17) is 16.6 Å². The molecule has 33 heavy (non-hydrogen) atoms. The molecule has 0 saturated carbocycles. The first kappa shape index (κ1) is 28.3. The van der Waals surface area contributed by atoms with Crippen molar-refractivity contribution in [3.8, 4) is 0 Å². The number of hydrogen-bond acceptors (Lipinski definition) is 7. The molecule has 0 spiro atoms. The second kappa shape index (κ2) is 13.7. The van der Waals surface area contributed by atoms with E-state index in [9.17, 15) is 29.1 Å². The lowest BCUT2D eigenvalue weighted by Crippen LogP contribution is -2.57. The van der Waals surface area contributed by atoms with Crippen molar-refractivity contribution < 1.29 is 34.2 Å². The van der Waals surface area contributed by atoms with Crippen molar-refractivity contribution in [1.82, 2.24) is 15.5 Å². The summed E-state index contributed by atoms with van der Waals surface area (Å²) in [5.41, 5.74) is 11.1. The summed E-state index contributed by atoms with van der Waals surface area (Å²) in [5, 5.41) is 23.4. The minimum atomic E-state index is -1.33. The molecule has 1 aliphatic heterocycles. The van der Waals surface area contributed by atoms with Crippen LogP contribution in [0.4, 0.5) is 0 Å². The normalized spacial score (nSPS) is 18.5. The van der Waals surface area contributed by atoms with Crippen molar-refractivity contribution in [3.63, 3.8) is 0 Å². The van der Waals surface area contributed by atoms with Crippen molar-refractivity contribution >= 4 is 29.7 Å². The molecule has 0 radical (unpaired) electrons. The minimum absolute atomic E-state index is 0.00175. The van der Waals surface area contributed by atoms with Gasteiger partial charge in [-0.1, -0.05) is 13.8 Å². The summed E-state index contributed by atoms with van der Waals surface area (Å²) in [6, 6.07) is -4.27. The van der Waals surface area contributed by atoms with Gasteiger partial charge in [0.25, 0.3) is 0 Å². The third-order valence-electron chi connectivity index (χ3n) is 5.45. The number of aliphatic carboxylic acids is 2. The van der Waals surface area contributed by atoms with Crippen LogP contribution >= 0.6 is 0 Å². The summed E-state index contributed by atoms with van der Waals surface area (Å²) >= 11 is 0. The third-order valence-corrected chi connectivity index (χ3v) is 5.45. The number of rotatable bonds is 14. The van der Waals surface area contributed by atoms with Gasteiger partial charge in [0.2, 0.25) is 17.7 Å². The molecule has 4 unspecified atom stereocenters. The van der Waals surface area contributed by atoms with Gasteiger partial charge < -0.3 is 37.2 Å². The maximum Gasteiger partial charge on any atom is 0.326 e. The summed E-state index contributed by atoms with van der Waals surface area (Å²) in [6.07, 6.45) is 1.99. The Morgan fingerprint density at radius 1 is 1.03 bits per heavy atom. The molecule has 1 rings (SSSR count). The van der Waals surface area contributed by atoms with E-state index in [0.717, 1.165) is 0 Å². The number of amides is 3. The van der Waals surface area contributed by atoms with E-state index >= 15 is 0 Å². The molecular formula is C21H37N5O7. The highest BCUT2D eigenvalue weighted by atomic mass is 16.4. The topological polar surface area (TPSA) is 205 Å². The quantitative estimate of drug-likeness (QED) is 0.172. The van der Waals surface area contributed by atoms with Crippen LogP contribution in [0.5, 0.6) is 0 Å². The van der Waals surface area contributed by atoms with Gasteiger partial charge in [-0.2, -0.15) is 0 Å². The Kier molecular flexibility index (Phi) is 11.8. The van der Waals surface area contributed by atoms with Crippen LogP contribution in [0, 0.1) is 5.92 Å². The SMILES string of the molecule is CC(C)CC(NC(=O)C(N)CC(=O)O)C(=O)NC(CCCCN)C(=O)N1CCCC1C(=O)O. The van der Waals surface area contributed by atoms with E-state index in [1.807, 2.05) is 13.8 Å². The van der Waals surface area contributed by atoms with Crippen LogP contribution in [0.15, 0.2) is 0 Å². The third kappa shape index (κ3) is 9.34. The molecule has 1 fully saturated rings. The number of carboxylic acids is 2. The Balaban J connectivity index is 2.99. The van der Waals surface area contributed by atoms with Gasteiger partial charge >= 0.3 is 11.9 Å². The van der Waals surface area contributed by atoms with Crippen LogP contribution in [0.2, 0.25) is 0 Å². The lowest BCUT2D eigenvalue weighted by Gasteiger charge is -2.29.